The van der Waals surface area contributed by atoms with Gasteiger partial charge in [0.1, 0.15) is 0 Å². The van der Waals surface area contributed by atoms with Crippen LogP contribution in [0, 0.1) is 0 Å². The van der Waals surface area contributed by atoms with Crippen molar-refractivity contribution in [3.05, 3.63) is 34.9 Å². The van der Waals surface area contributed by atoms with Crippen LogP contribution in [0.5, 0.6) is 0 Å². The summed E-state index contributed by atoms with van der Waals surface area (Å²) in [6.07, 6.45) is -9.54. The number of benzene rings is 1. The maximum Gasteiger partial charge on any atom is 0.416 e. The normalized spacial score (nSPS) is 12.5. The van der Waals surface area contributed by atoms with E-state index in [0.717, 1.165) is 6.07 Å². The summed E-state index contributed by atoms with van der Waals surface area (Å²) >= 11 is 0. The summed E-state index contributed by atoms with van der Waals surface area (Å²) in [5, 5.41) is 2.61. The van der Waals surface area contributed by atoms with Gasteiger partial charge in [0.05, 0.1) is 17.7 Å². The Morgan fingerprint density at radius 3 is 2.23 bits per heavy atom. The fourth-order valence-electron chi connectivity index (χ4n) is 1.85. The molecule has 0 aliphatic carbocycles. The number of primary amides is 1. The lowest BCUT2D eigenvalue weighted by Crippen LogP contribution is -2.29. The van der Waals surface area contributed by atoms with Crippen LogP contribution in [0.25, 0.3) is 0 Å². The van der Waals surface area contributed by atoms with Gasteiger partial charge in [-0.3, -0.25) is 4.79 Å². The topological polar surface area (TPSA) is 55.1 Å². The highest BCUT2D eigenvalue weighted by Crippen LogP contribution is 2.37. The Hall–Kier alpha value is -1.77. The molecule has 1 aromatic rings. The lowest BCUT2D eigenvalue weighted by molar-refractivity contribution is -0.143. The molecule has 0 aliphatic rings. The van der Waals surface area contributed by atoms with Crippen molar-refractivity contribution < 1.29 is 31.1 Å². The zero-order chi connectivity index (χ0) is 17.0. The first-order valence-corrected chi connectivity index (χ1v) is 6.28. The maximum absolute atomic E-state index is 12.9. The summed E-state index contributed by atoms with van der Waals surface area (Å²) < 4.78 is 76.0. The number of hydrogen-bond acceptors (Lipinski definition) is 2. The van der Waals surface area contributed by atoms with Crippen molar-refractivity contribution in [2.75, 3.05) is 13.1 Å². The molecule has 0 fully saturated rings. The van der Waals surface area contributed by atoms with Gasteiger partial charge in [-0.2, -0.15) is 26.3 Å². The predicted molar refractivity (Wildman–Crippen MR) is 66.8 cm³/mol. The molecule has 1 rings (SSSR count). The van der Waals surface area contributed by atoms with Crippen molar-refractivity contribution >= 4 is 5.91 Å². The Morgan fingerprint density at radius 1 is 1.09 bits per heavy atom. The summed E-state index contributed by atoms with van der Waals surface area (Å²) in [7, 11) is 0. The molecule has 3 nitrogen and oxygen atoms in total. The summed E-state index contributed by atoms with van der Waals surface area (Å²) in [5.74, 6) is -0.606. The van der Waals surface area contributed by atoms with Gasteiger partial charge < -0.3 is 11.1 Å². The minimum absolute atomic E-state index is 0.0707. The number of carbonyl (C=O) groups excluding carboxylic acids is 1. The van der Waals surface area contributed by atoms with E-state index in [4.69, 9.17) is 5.73 Å². The van der Waals surface area contributed by atoms with Gasteiger partial charge in [0.25, 0.3) is 0 Å². The molecular weight excluding hydrogens is 314 g/mol. The predicted octanol–water partition coefficient (Wildman–Crippen LogP) is 2.73. The third kappa shape index (κ3) is 5.55. The summed E-state index contributed by atoms with van der Waals surface area (Å²) in [4.78, 5) is 10.5. The number of halogens is 6. The highest BCUT2D eigenvalue weighted by atomic mass is 19.4. The number of rotatable bonds is 6. The first kappa shape index (κ1) is 18.3. The summed E-state index contributed by atoms with van der Waals surface area (Å²) in [6, 6.07) is 1.58. The van der Waals surface area contributed by atoms with Crippen molar-refractivity contribution in [2.45, 2.75) is 25.2 Å². The zero-order valence-electron chi connectivity index (χ0n) is 11.3. The van der Waals surface area contributed by atoms with Crippen molar-refractivity contribution in [1.82, 2.24) is 5.32 Å². The summed E-state index contributed by atoms with van der Waals surface area (Å²) in [6.45, 7) is 0.112. The van der Waals surface area contributed by atoms with E-state index in [9.17, 15) is 31.1 Å². The van der Waals surface area contributed by atoms with Crippen LogP contribution in [0.4, 0.5) is 26.3 Å². The second kappa shape index (κ2) is 6.99. The largest absolute Gasteiger partial charge is 0.416 e. The summed E-state index contributed by atoms with van der Waals surface area (Å²) in [5.41, 5.74) is 2.01. The average molecular weight is 328 g/mol. The van der Waals surface area contributed by atoms with Crippen LogP contribution in [0.1, 0.15) is 23.1 Å². The third-order valence-electron chi connectivity index (χ3n) is 2.84. The third-order valence-corrected chi connectivity index (χ3v) is 2.84. The Morgan fingerprint density at radius 2 is 1.73 bits per heavy atom. The zero-order valence-corrected chi connectivity index (χ0v) is 11.3. The van der Waals surface area contributed by atoms with Crippen molar-refractivity contribution in [2.24, 2.45) is 5.73 Å². The molecule has 0 saturated heterocycles. The van der Waals surface area contributed by atoms with Crippen molar-refractivity contribution in [1.29, 1.82) is 0 Å². The van der Waals surface area contributed by atoms with E-state index in [-0.39, 0.29) is 37.6 Å². The Kier molecular flexibility index (Phi) is 5.81. The van der Waals surface area contributed by atoms with Crippen molar-refractivity contribution in [3.63, 3.8) is 0 Å². The van der Waals surface area contributed by atoms with Gasteiger partial charge in [-0.05, 0) is 37.1 Å². The van der Waals surface area contributed by atoms with E-state index in [1.54, 1.807) is 0 Å². The standard InChI is InChI=1S/C13H14F6N2O/c14-12(15,16)9-4-3-8(10(6-9)13(17,18)19)2-1-5-21-7-11(20)22/h3-4,6,21H,1-2,5,7H2,(H2,20,22). The maximum atomic E-state index is 12.9. The highest BCUT2D eigenvalue weighted by Gasteiger charge is 2.37. The minimum Gasteiger partial charge on any atom is -0.369 e. The molecule has 3 N–H and O–H groups in total. The number of carbonyl (C=O) groups is 1. The monoisotopic (exact) mass is 328 g/mol. The molecule has 0 spiro atoms. The average Bonchev–Trinajstić information content (AvgIpc) is 2.35. The Labute approximate surface area is 122 Å². The van der Waals surface area contributed by atoms with Crippen LogP contribution in [0.2, 0.25) is 0 Å². The minimum atomic E-state index is -4.86. The number of nitrogens with two attached hydrogens (primary N) is 1. The number of alkyl halides is 6. The van der Waals surface area contributed by atoms with Gasteiger partial charge in [0, 0.05) is 0 Å². The highest BCUT2D eigenvalue weighted by molar-refractivity contribution is 5.75. The molecule has 0 saturated carbocycles. The molecule has 0 radical (unpaired) electrons. The van der Waals surface area contributed by atoms with Gasteiger partial charge in [-0.25, -0.2) is 0 Å². The molecule has 9 heteroatoms. The Balaban J connectivity index is 2.84. The van der Waals surface area contributed by atoms with Crippen molar-refractivity contribution in [3.8, 4) is 0 Å². The molecule has 0 aromatic heterocycles. The molecule has 0 unspecified atom stereocenters. The quantitative estimate of drug-likeness (QED) is 0.623. The number of amides is 1. The number of hydrogen-bond donors (Lipinski definition) is 2. The first-order chi connectivity index (χ1) is 10.0. The molecule has 0 atom stereocenters. The first-order valence-electron chi connectivity index (χ1n) is 6.28. The van der Waals surface area contributed by atoms with Crippen LogP contribution in [-0.2, 0) is 23.6 Å². The van der Waals surface area contributed by atoms with Gasteiger partial charge in [-0.1, -0.05) is 6.07 Å². The van der Waals surface area contributed by atoms with Gasteiger partial charge in [0.15, 0.2) is 0 Å². The SMILES string of the molecule is NC(=O)CNCCCc1ccc(C(F)(F)F)cc1C(F)(F)F. The molecule has 0 bridgehead atoms. The Bertz CT molecular complexity index is 524. The lowest BCUT2D eigenvalue weighted by atomic mass is 9.99. The van der Waals surface area contributed by atoms with Crippen LogP contribution in [-0.4, -0.2) is 19.0 Å². The van der Waals surface area contributed by atoms with Gasteiger partial charge in [-0.15, -0.1) is 0 Å². The van der Waals surface area contributed by atoms with E-state index in [0.29, 0.717) is 6.07 Å². The molecular formula is C13H14F6N2O. The fourth-order valence-corrected chi connectivity index (χ4v) is 1.85. The van der Waals surface area contributed by atoms with Crippen LogP contribution < -0.4 is 11.1 Å². The van der Waals surface area contributed by atoms with Crippen LogP contribution >= 0.6 is 0 Å². The number of nitrogens with one attached hydrogen (secondary N) is 1. The second-order valence-corrected chi connectivity index (χ2v) is 4.61. The smallest absolute Gasteiger partial charge is 0.369 e. The molecule has 124 valence electrons. The molecule has 22 heavy (non-hydrogen) atoms. The molecule has 0 heterocycles. The van der Waals surface area contributed by atoms with E-state index in [2.05, 4.69) is 5.32 Å². The lowest BCUT2D eigenvalue weighted by Gasteiger charge is -2.16. The molecule has 0 aliphatic heterocycles. The molecule has 1 amide bonds. The van der Waals surface area contributed by atoms with Gasteiger partial charge >= 0.3 is 12.4 Å². The van der Waals surface area contributed by atoms with E-state index in [1.807, 2.05) is 0 Å². The van der Waals surface area contributed by atoms with Gasteiger partial charge in [0.2, 0.25) is 5.91 Å². The van der Waals surface area contributed by atoms with E-state index < -0.39 is 29.4 Å². The van der Waals surface area contributed by atoms with E-state index >= 15 is 0 Å². The van der Waals surface area contributed by atoms with E-state index in [1.165, 1.54) is 0 Å². The molecule has 1 aromatic carbocycles. The second-order valence-electron chi connectivity index (χ2n) is 4.61. The number of aryl methyl sites for hydroxylation is 1. The van der Waals surface area contributed by atoms with Crippen LogP contribution in [0.3, 0.4) is 0 Å². The fraction of sp³-hybridized carbons (Fsp3) is 0.462. The van der Waals surface area contributed by atoms with Crippen LogP contribution in [0.15, 0.2) is 18.2 Å².